The molecule has 0 aliphatic carbocycles. The van der Waals surface area contributed by atoms with Gasteiger partial charge in [0.1, 0.15) is 11.0 Å². The Bertz CT molecular complexity index is 1250. The van der Waals surface area contributed by atoms with E-state index in [0.717, 1.165) is 17.7 Å². The number of halogens is 3. The lowest BCUT2D eigenvalue weighted by molar-refractivity contribution is -0.137. The number of hydrogen-bond acceptors (Lipinski definition) is 4. The van der Waals surface area contributed by atoms with Gasteiger partial charge in [0, 0.05) is 43.7 Å². The zero-order valence-corrected chi connectivity index (χ0v) is 17.5. The summed E-state index contributed by atoms with van der Waals surface area (Å²) in [5.41, 5.74) is 2.87. The standard InChI is InChI=1S/C23H20F3N5O2/c24-23(25,26)18-5-1-14(2-6-18)3-8-21(32)30-10-16-12-31(13-17(16)11-30)22(33)15-4-7-19-20(9-15)28-29-27-19/h1-2,4-7,9,12,17H,3,8,10-11,13H2,(H,27,28,29)/t17-/m1/s1. The van der Waals surface area contributed by atoms with Gasteiger partial charge in [-0.15, -0.1) is 0 Å². The number of fused-ring (bicyclic) bond motifs is 2. The summed E-state index contributed by atoms with van der Waals surface area (Å²) >= 11 is 0. The van der Waals surface area contributed by atoms with Gasteiger partial charge in [-0.1, -0.05) is 12.1 Å². The number of aromatic nitrogens is 3. The van der Waals surface area contributed by atoms with Crippen molar-refractivity contribution in [2.45, 2.75) is 19.0 Å². The van der Waals surface area contributed by atoms with Crippen molar-refractivity contribution in [2.24, 2.45) is 5.92 Å². The summed E-state index contributed by atoms with van der Waals surface area (Å²) < 4.78 is 38.0. The Kier molecular flexibility index (Phi) is 5.15. The van der Waals surface area contributed by atoms with Gasteiger partial charge in [0.2, 0.25) is 5.91 Å². The Labute approximate surface area is 186 Å². The van der Waals surface area contributed by atoms with Crippen LogP contribution in [0.4, 0.5) is 13.2 Å². The summed E-state index contributed by atoms with van der Waals surface area (Å²) in [7, 11) is 0. The van der Waals surface area contributed by atoms with Gasteiger partial charge in [-0.05, 0) is 47.9 Å². The molecule has 0 saturated carbocycles. The summed E-state index contributed by atoms with van der Waals surface area (Å²) in [5.74, 6) is -0.0683. The van der Waals surface area contributed by atoms with E-state index < -0.39 is 11.7 Å². The first-order valence-electron chi connectivity index (χ1n) is 10.5. The van der Waals surface area contributed by atoms with Gasteiger partial charge < -0.3 is 9.80 Å². The molecule has 3 heterocycles. The average Bonchev–Trinajstić information content (AvgIpc) is 3.50. The van der Waals surface area contributed by atoms with Crippen LogP contribution in [-0.4, -0.2) is 56.7 Å². The number of nitrogens with one attached hydrogen (secondary N) is 1. The van der Waals surface area contributed by atoms with Gasteiger partial charge in [-0.3, -0.25) is 9.59 Å². The monoisotopic (exact) mass is 455 g/mol. The average molecular weight is 455 g/mol. The fourth-order valence-corrected chi connectivity index (χ4v) is 4.35. The van der Waals surface area contributed by atoms with Crippen LogP contribution in [0, 0.1) is 5.92 Å². The van der Waals surface area contributed by atoms with E-state index in [-0.39, 0.29) is 24.2 Å². The van der Waals surface area contributed by atoms with Gasteiger partial charge in [0.25, 0.3) is 5.91 Å². The summed E-state index contributed by atoms with van der Waals surface area (Å²) in [6.45, 7) is 1.50. The lowest BCUT2D eigenvalue weighted by atomic mass is 10.1. The van der Waals surface area contributed by atoms with Crippen LogP contribution in [0.15, 0.2) is 54.2 Å². The van der Waals surface area contributed by atoms with Crippen molar-refractivity contribution < 1.29 is 22.8 Å². The molecule has 33 heavy (non-hydrogen) atoms. The SMILES string of the molecule is O=C(c1ccc2n[nH]nc2c1)N1C=C2CN(C(=O)CCc3ccc(C(F)(F)F)cc3)C[C@@H]2C1. The molecule has 3 aromatic rings. The minimum atomic E-state index is -4.37. The third-order valence-corrected chi connectivity index (χ3v) is 6.16. The van der Waals surface area contributed by atoms with Crippen molar-refractivity contribution in [1.29, 1.82) is 0 Å². The summed E-state index contributed by atoms with van der Waals surface area (Å²) in [5, 5.41) is 10.5. The van der Waals surface area contributed by atoms with Gasteiger partial charge in [0.15, 0.2) is 0 Å². The second-order valence-electron chi connectivity index (χ2n) is 8.35. The quantitative estimate of drug-likeness (QED) is 0.654. The number of rotatable bonds is 4. The number of carbonyl (C=O) groups excluding carboxylic acids is 2. The largest absolute Gasteiger partial charge is 0.416 e. The third-order valence-electron chi connectivity index (χ3n) is 6.16. The van der Waals surface area contributed by atoms with Crippen molar-refractivity contribution in [3.05, 3.63) is 70.9 Å². The Morgan fingerprint density at radius 1 is 1.03 bits per heavy atom. The van der Waals surface area contributed by atoms with Gasteiger partial charge in [-0.2, -0.15) is 28.6 Å². The number of aromatic amines is 1. The molecular weight excluding hydrogens is 435 g/mol. The second kappa shape index (κ2) is 8.02. The molecule has 1 N–H and O–H groups in total. The van der Waals surface area contributed by atoms with E-state index in [0.29, 0.717) is 48.2 Å². The van der Waals surface area contributed by atoms with Crippen molar-refractivity contribution >= 4 is 22.8 Å². The van der Waals surface area contributed by atoms with E-state index in [1.807, 2.05) is 6.20 Å². The van der Waals surface area contributed by atoms with Crippen LogP contribution in [0.3, 0.4) is 0 Å². The molecule has 0 unspecified atom stereocenters. The maximum Gasteiger partial charge on any atom is 0.416 e. The molecule has 1 saturated heterocycles. The molecule has 2 aromatic carbocycles. The van der Waals surface area contributed by atoms with Crippen LogP contribution < -0.4 is 0 Å². The van der Waals surface area contributed by atoms with E-state index in [9.17, 15) is 22.8 Å². The predicted octanol–water partition coefficient (Wildman–Crippen LogP) is 3.41. The third kappa shape index (κ3) is 4.20. The van der Waals surface area contributed by atoms with E-state index in [2.05, 4.69) is 15.4 Å². The molecule has 10 heteroatoms. The fraction of sp³-hybridized carbons (Fsp3) is 0.304. The van der Waals surface area contributed by atoms with Crippen LogP contribution in [-0.2, 0) is 17.4 Å². The molecule has 1 atom stereocenters. The highest BCUT2D eigenvalue weighted by atomic mass is 19.4. The molecule has 7 nitrogen and oxygen atoms in total. The first-order valence-corrected chi connectivity index (χ1v) is 10.5. The lowest BCUT2D eigenvalue weighted by Gasteiger charge is -2.20. The molecule has 1 fully saturated rings. The summed E-state index contributed by atoms with van der Waals surface area (Å²) in [4.78, 5) is 28.9. The molecule has 0 spiro atoms. The molecular formula is C23H20F3N5O2. The second-order valence-corrected chi connectivity index (χ2v) is 8.35. The fourth-order valence-electron chi connectivity index (χ4n) is 4.35. The number of aryl methyl sites for hydroxylation is 1. The molecule has 0 bridgehead atoms. The predicted molar refractivity (Wildman–Crippen MR) is 113 cm³/mol. The maximum atomic E-state index is 12.9. The normalized spacial score (nSPS) is 18.0. The minimum Gasteiger partial charge on any atom is -0.338 e. The number of hydrogen-bond donors (Lipinski definition) is 1. The van der Waals surface area contributed by atoms with Crippen molar-refractivity contribution in [3.8, 4) is 0 Å². The van der Waals surface area contributed by atoms with Gasteiger partial charge >= 0.3 is 6.18 Å². The highest BCUT2D eigenvalue weighted by molar-refractivity contribution is 5.98. The summed E-state index contributed by atoms with van der Waals surface area (Å²) in [6, 6.07) is 10.1. The van der Waals surface area contributed by atoms with Gasteiger partial charge in [-0.25, -0.2) is 0 Å². The van der Waals surface area contributed by atoms with Crippen molar-refractivity contribution in [2.75, 3.05) is 19.6 Å². The number of likely N-dealkylation sites (tertiary alicyclic amines) is 1. The molecule has 5 rings (SSSR count). The van der Waals surface area contributed by atoms with Crippen LogP contribution >= 0.6 is 0 Å². The summed E-state index contributed by atoms with van der Waals surface area (Å²) in [6.07, 6.45) is -1.94. The lowest BCUT2D eigenvalue weighted by Crippen LogP contribution is -2.33. The van der Waals surface area contributed by atoms with E-state index >= 15 is 0 Å². The van der Waals surface area contributed by atoms with Crippen LogP contribution in [0.2, 0.25) is 0 Å². The number of alkyl halides is 3. The van der Waals surface area contributed by atoms with E-state index in [1.165, 1.54) is 12.1 Å². The molecule has 170 valence electrons. The Hall–Kier alpha value is -3.69. The molecule has 2 amide bonds. The van der Waals surface area contributed by atoms with Crippen LogP contribution in [0.1, 0.15) is 27.9 Å². The van der Waals surface area contributed by atoms with E-state index in [1.54, 1.807) is 28.0 Å². The first kappa shape index (κ1) is 21.2. The van der Waals surface area contributed by atoms with Crippen molar-refractivity contribution in [3.63, 3.8) is 0 Å². The Balaban J connectivity index is 1.17. The number of H-pyrrole nitrogens is 1. The van der Waals surface area contributed by atoms with Crippen LogP contribution in [0.5, 0.6) is 0 Å². The highest BCUT2D eigenvalue weighted by Gasteiger charge is 2.37. The Morgan fingerprint density at radius 2 is 1.79 bits per heavy atom. The molecule has 2 aliphatic heterocycles. The van der Waals surface area contributed by atoms with Gasteiger partial charge in [0.05, 0.1) is 5.56 Å². The number of carbonyl (C=O) groups is 2. The Morgan fingerprint density at radius 3 is 2.52 bits per heavy atom. The number of benzene rings is 2. The first-order chi connectivity index (χ1) is 15.8. The molecule has 1 aromatic heterocycles. The topological polar surface area (TPSA) is 82.2 Å². The molecule has 2 aliphatic rings. The maximum absolute atomic E-state index is 12.9. The molecule has 0 radical (unpaired) electrons. The highest BCUT2D eigenvalue weighted by Crippen LogP contribution is 2.32. The van der Waals surface area contributed by atoms with E-state index in [4.69, 9.17) is 0 Å². The van der Waals surface area contributed by atoms with Crippen LogP contribution in [0.25, 0.3) is 11.0 Å². The zero-order valence-electron chi connectivity index (χ0n) is 17.5. The number of amides is 2. The smallest absolute Gasteiger partial charge is 0.338 e. The minimum absolute atomic E-state index is 0.0421. The zero-order chi connectivity index (χ0) is 23.2. The van der Waals surface area contributed by atoms with Crippen molar-refractivity contribution in [1.82, 2.24) is 25.2 Å². The number of nitrogens with zero attached hydrogens (tertiary/aromatic N) is 4.